The Morgan fingerprint density at radius 3 is 2.52 bits per heavy atom. The topological polar surface area (TPSA) is 169 Å². The van der Waals surface area contributed by atoms with Gasteiger partial charge in [-0.25, -0.2) is 14.4 Å². The van der Waals surface area contributed by atoms with Gasteiger partial charge in [-0.3, -0.25) is 29.4 Å². The van der Waals surface area contributed by atoms with E-state index in [1.165, 1.54) is 24.3 Å². The molecule has 1 aromatic heterocycles. The molecule has 2 unspecified atom stereocenters. The molecule has 3 saturated heterocycles. The van der Waals surface area contributed by atoms with E-state index in [2.05, 4.69) is 25.8 Å². The Morgan fingerprint density at radius 1 is 1.10 bits per heavy atom. The Balaban J connectivity index is 0.00000641. The van der Waals surface area contributed by atoms with Crippen LogP contribution in [0, 0.1) is 23.1 Å². The van der Waals surface area contributed by atoms with Crippen LogP contribution in [0.1, 0.15) is 69.7 Å². The first-order valence-corrected chi connectivity index (χ1v) is 20.0. The normalized spacial score (nSPS) is 20.5. The maximum atomic E-state index is 14.6. The first-order valence-electron chi connectivity index (χ1n) is 18.6. The van der Waals surface area contributed by atoms with Crippen LogP contribution in [0.5, 0.6) is 5.75 Å². The van der Waals surface area contributed by atoms with Crippen LogP contribution in [0.2, 0.25) is 0 Å². The molecule has 0 saturated carbocycles. The number of halogens is 5. The summed E-state index contributed by atoms with van der Waals surface area (Å²) >= 11 is -1.41. The Morgan fingerprint density at radius 2 is 1.84 bits per heavy atom. The second kappa shape index (κ2) is 18.3. The van der Waals surface area contributed by atoms with Crippen LogP contribution in [-0.2, 0) is 31.8 Å². The third kappa shape index (κ3) is 10.0. The molecule has 3 fully saturated rings. The van der Waals surface area contributed by atoms with Gasteiger partial charge < -0.3 is 15.4 Å². The fraction of sp³-hybridized carbons (Fsp3) is 0.436. The van der Waals surface area contributed by atoms with Crippen molar-refractivity contribution in [2.75, 3.05) is 41.9 Å². The molecule has 13 nitrogen and oxygen atoms in total. The van der Waals surface area contributed by atoms with Crippen molar-refractivity contribution in [1.29, 1.82) is 5.26 Å². The minimum absolute atomic E-state index is 0. The van der Waals surface area contributed by atoms with Crippen molar-refractivity contribution in [2.24, 2.45) is 5.92 Å². The minimum Gasteiger partial charge on any atom is -0.493 e. The van der Waals surface area contributed by atoms with Crippen LogP contribution >= 0.6 is 23.5 Å². The molecule has 6 rings (SSSR count). The maximum Gasteiger partial charge on any atom is 0.419 e. The lowest BCUT2D eigenvalue weighted by molar-refractivity contribution is -0.138. The SMILES string of the molecule is CCc1cc([SH]2NN(c3cnc(C#N)c(C(F)(F)F)c3)C(=O)C2(C)C)ccc1OCCC1CCN(CC(=O)Nc2cc(NC3CCC(=O)NC3=O)ccc2F)CC1.Cl. The molecule has 58 heavy (non-hydrogen) atoms. The summed E-state index contributed by atoms with van der Waals surface area (Å²) in [7, 11) is 0. The number of carbonyl (C=O) groups is 4. The molecule has 0 aliphatic carbocycles. The highest BCUT2D eigenvalue weighted by Crippen LogP contribution is 2.52. The first kappa shape index (κ1) is 44.1. The van der Waals surface area contributed by atoms with E-state index in [1.54, 1.807) is 13.8 Å². The lowest BCUT2D eigenvalue weighted by Crippen LogP contribution is -2.47. The lowest BCUT2D eigenvalue weighted by atomic mass is 9.94. The number of nitriles is 1. The number of anilines is 3. The van der Waals surface area contributed by atoms with Crippen molar-refractivity contribution in [3.8, 4) is 11.8 Å². The molecule has 3 aromatic rings. The number of nitrogens with one attached hydrogen (secondary N) is 4. The van der Waals surface area contributed by atoms with Crippen molar-refractivity contribution in [3.05, 3.63) is 71.3 Å². The number of pyridine rings is 1. The van der Waals surface area contributed by atoms with Gasteiger partial charge >= 0.3 is 6.18 Å². The van der Waals surface area contributed by atoms with Gasteiger partial charge in [0.15, 0.2) is 5.69 Å². The van der Waals surface area contributed by atoms with Gasteiger partial charge in [0.25, 0.3) is 5.91 Å². The Kier molecular flexibility index (Phi) is 13.9. The highest BCUT2D eigenvalue weighted by atomic mass is 35.5. The van der Waals surface area contributed by atoms with Gasteiger partial charge in [-0.2, -0.15) is 23.3 Å². The number of rotatable bonds is 12. The largest absolute Gasteiger partial charge is 0.493 e. The number of thiol groups is 1. The van der Waals surface area contributed by atoms with Gasteiger partial charge in [0.05, 0.1) is 41.0 Å². The number of likely N-dealkylation sites (tertiary alicyclic amines) is 1. The zero-order valence-corrected chi connectivity index (χ0v) is 33.8. The highest BCUT2D eigenvalue weighted by molar-refractivity contribution is 8.17. The number of aromatic nitrogens is 1. The average Bonchev–Trinajstić information content (AvgIpc) is 3.41. The molecule has 4 heterocycles. The molecule has 4 N–H and O–H groups in total. The van der Waals surface area contributed by atoms with Crippen molar-refractivity contribution in [1.82, 2.24) is 20.0 Å². The smallest absolute Gasteiger partial charge is 0.419 e. The van der Waals surface area contributed by atoms with Crippen LogP contribution in [0.15, 0.2) is 53.6 Å². The van der Waals surface area contributed by atoms with Gasteiger partial charge in [-0.1, -0.05) is 6.92 Å². The van der Waals surface area contributed by atoms with Crippen LogP contribution in [-0.4, -0.2) is 70.5 Å². The lowest BCUT2D eigenvalue weighted by Gasteiger charge is -2.31. The molecular formula is C39H45ClF4N8O5S. The number of ether oxygens (including phenoxy) is 1. The number of aryl methyl sites for hydroxylation is 1. The summed E-state index contributed by atoms with van der Waals surface area (Å²) in [5, 5.41) is 18.1. The van der Waals surface area contributed by atoms with Gasteiger partial charge in [-0.05, 0) is 113 Å². The van der Waals surface area contributed by atoms with E-state index in [0.717, 1.165) is 47.0 Å². The third-order valence-electron chi connectivity index (χ3n) is 10.4. The van der Waals surface area contributed by atoms with E-state index in [4.69, 9.17) is 10.00 Å². The molecule has 3 aliphatic rings. The van der Waals surface area contributed by atoms with Crippen LogP contribution in [0.4, 0.5) is 34.6 Å². The van der Waals surface area contributed by atoms with Crippen molar-refractivity contribution in [2.45, 2.75) is 81.2 Å². The molecule has 19 heteroatoms. The van der Waals surface area contributed by atoms with Crippen LogP contribution in [0.25, 0.3) is 0 Å². The zero-order chi connectivity index (χ0) is 41.1. The molecule has 4 amide bonds. The Labute approximate surface area is 342 Å². The molecule has 2 aromatic carbocycles. The summed E-state index contributed by atoms with van der Waals surface area (Å²) in [5.41, 5.74) is -0.726. The highest BCUT2D eigenvalue weighted by Gasteiger charge is 2.47. The monoisotopic (exact) mass is 848 g/mol. The molecule has 0 bridgehead atoms. The van der Waals surface area contributed by atoms with E-state index < -0.39 is 56.9 Å². The minimum atomic E-state index is -4.82. The predicted octanol–water partition coefficient (Wildman–Crippen LogP) is 6.04. The quantitative estimate of drug-likeness (QED) is 0.0824. The number of alkyl halides is 3. The first-order chi connectivity index (χ1) is 27.1. The third-order valence-corrected chi connectivity index (χ3v) is 12.9. The van der Waals surface area contributed by atoms with E-state index in [-0.39, 0.29) is 48.6 Å². The number of benzene rings is 2. The molecule has 3 aliphatic heterocycles. The number of nitrogens with zero attached hydrogens (tertiary/aromatic N) is 4. The molecule has 312 valence electrons. The van der Waals surface area contributed by atoms with E-state index in [0.29, 0.717) is 49.9 Å². The van der Waals surface area contributed by atoms with Crippen LogP contribution < -0.4 is 30.5 Å². The molecule has 0 radical (unpaired) electrons. The van der Waals surface area contributed by atoms with Gasteiger partial charge in [0.2, 0.25) is 17.7 Å². The summed E-state index contributed by atoms with van der Waals surface area (Å²) in [6, 6.07) is 11.4. The summed E-state index contributed by atoms with van der Waals surface area (Å²) < 4.78 is 60.8. The molecule has 2 atom stereocenters. The zero-order valence-electron chi connectivity index (χ0n) is 32.0. The fourth-order valence-corrected chi connectivity index (χ4v) is 9.32. The second-order valence-corrected chi connectivity index (χ2v) is 17.2. The van der Waals surface area contributed by atoms with E-state index in [9.17, 15) is 36.7 Å². The number of piperidine rings is 2. The Bertz CT molecular complexity index is 2090. The number of amides is 4. The van der Waals surface area contributed by atoms with Gasteiger partial charge in [0.1, 0.15) is 23.7 Å². The standard InChI is InChI=1S/C39H44F4N8O5S.ClH/c1-4-24-17-27(57-38(2,3)37(55)51(49-57)26-19-28(39(41,42)43)32(20-44)45-21-26)6-9-33(24)56-16-13-23-11-14-50(15-12-23)22-35(53)47-31-18-25(5-7-29(31)40)46-30-8-10-34(52)48-36(30)54;/h5-7,9,17-19,21,23,30,46,49,57H,4,8,10-16,22H2,1-3H3,(H,47,53)(H,48,52,54);1H. The summed E-state index contributed by atoms with van der Waals surface area (Å²) in [5.74, 6) is -1.10. The summed E-state index contributed by atoms with van der Waals surface area (Å²) in [4.78, 5) is 59.6. The number of hydrazine groups is 1. The maximum absolute atomic E-state index is 14.6. The number of hydrogen-bond acceptors (Lipinski definition) is 10. The second-order valence-electron chi connectivity index (χ2n) is 14.7. The summed E-state index contributed by atoms with van der Waals surface area (Å²) in [6.07, 6.45) is -0.0858. The molecular weight excluding hydrogens is 804 g/mol. The number of imide groups is 1. The van der Waals surface area contributed by atoms with Gasteiger partial charge in [-0.15, -0.1) is 23.5 Å². The molecule has 0 spiro atoms. The van der Waals surface area contributed by atoms with Crippen molar-refractivity contribution < 1.29 is 41.5 Å². The van der Waals surface area contributed by atoms with Crippen molar-refractivity contribution >= 4 is 64.2 Å². The summed E-state index contributed by atoms with van der Waals surface area (Å²) in [6.45, 7) is 7.41. The van der Waals surface area contributed by atoms with Crippen molar-refractivity contribution in [3.63, 3.8) is 0 Å². The Hall–Kier alpha value is -4.96. The number of carbonyl (C=O) groups excluding carboxylic acids is 4. The van der Waals surface area contributed by atoms with Crippen LogP contribution in [0.3, 0.4) is 0 Å². The number of hydrogen-bond donors (Lipinski definition) is 5. The fourth-order valence-electron chi connectivity index (χ4n) is 7.10. The van der Waals surface area contributed by atoms with Gasteiger partial charge in [0, 0.05) is 17.0 Å². The predicted molar refractivity (Wildman–Crippen MR) is 213 cm³/mol. The average molecular weight is 849 g/mol. The van der Waals surface area contributed by atoms with E-state index >= 15 is 0 Å². The van der Waals surface area contributed by atoms with E-state index in [1.807, 2.05) is 30.0 Å².